The summed E-state index contributed by atoms with van der Waals surface area (Å²) in [7, 11) is 0. The van der Waals surface area contributed by atoms with Crippen LogP contribution in [-0.2, 0) is 0 Å². The van der Waals surface area contributed by atoms with E-state index in [-0.39, 0.29) is 6.03 Å². The zero-order valence-electron chi connectivity index (χ0n) is 13.2. The lowest BCUT2D eigenvalue weighted by atomic mass is 10.1. The van der Waals surface area contributed by atoms with Gasteiger partial charge in [-0.1, -0.05) is 60.1 Å². The van der Waals surface area contributed by atoms with Gasteiger partial charge in [-0.15, -0.1) is 0 Å². The zero-order valence-corrected chi connectivity index (χ0v) is 14.0. The summed E-state index contributed by atoms with van der Waals surface area (Å²) in [6.07, 6.45) is 0. The van der Waals surface area contributed by atoms with E-state index in [0.29, 0.717) is 10.7 Å². The molecule has 3 nitrogen and oxygen atoms in total. The number of amides is 2. The van der Waals surface area contributed by atoms with Crippen LogP contribution in [0.3, 0.4) is 0 Å². The normalized spacial score (nSPS) is 10.2. The van der Waals surface area contributed by atoms with Crippen LogP contribution in [-0.4, -0.2) is 6.03 Å². The monoisotopic (exact) mass is 336 g/mol. The highest BCUT2D eigenvalue weighted by molar-refractivity contribution is 6.31. The number of hydrogen-bond donors (Lipinski definition) is 2. The molecule has 2 N–H and O–H groups in total. The third-order valence-corrected chi connectivity index (χ3v) is 4.18. The maximum absolute atomic E-state index is 12.1. The fourth-order valence-electron chi connectivity index (χ4n) is 2.40. The SMILES string of the molecule is Cc1c(Cl)cccc1NC(=O)Nc1ccc(-c2ccccc2)cc1. The molecule has 0 bridgehead atoms. The van der Waals surface area contributed by atoms with E-state index in [1.165, 1.54) is 0 Å². The molecule has 0 aliphatic carbocycles. The van der Waals surface area contributed by atoms with Crippen molar-refractivity contribution in [3.63, 3.8) is 0 Å². The van der Waals surface area contributed by atoms with Crippen LogP contribution in [0, 0.1) is 6.92 Å². The molecule has 0 unspecified atom stereocenters. The van der Waals surface area contributed by atoms with Gasteiger partial charge in [0.1, 0.15) is 0 Å². The third-order valence-electron chi connectivity index (χ3n) is 3.77. The van der Waals surface area contributed by atoms with Crippen LogP contribution < -0.4 is 10.6 Å². The molecule has 0 saturated heterocycles. The van der Waals surface area contributed by atoms with Crippen molar-refractivity contribution in [3.8, 4) is 11.1 Å². The second kappa shape index (κ2) is 7.20. The Balaban J connectivity index is 1.68. The summed E-state index contributed by atoms with van der Waals surface area (Å²) in [5.74, 6) is 0. The minimum absolute atomic E-state index is 0.298. The predicted octanol–water partition coefficient (Wildman–Crippen LogP) is 5.96. The predicted molar refractivity (Wildman–Crippen MR) is 101 cm³/mol. The maximum atomic E-state index is 12.1. The number of nitrogens with one attached hydrogen (secondary N) is 2. The van der Waals surface area contributed by atoms with Crippen molar-refractivity contribution in [2.75, 3.05) is 10.6 Å². The van der Waals surface area contributed by atoms with E-state index < -0.39 is 0 Å². The van der Waals surface area contributed by atoms with Crippen LogP contribution in [0.5, 0.6) is 0 Å². The van der Waals surface area contributed by atoms with E-state index in [0.717, 1.165) is 22.4 Å². The van der Waals surface area contributed by atoms with Gasteiger partial charge in [-0.05, 0) is 47.9 Å². The van der Waals surface area contributed by atoms with Crippen molar-refractivity contribution in [1.29, 1.82) is 0 Å². The molecule has 0 saturated carbocycles. The molecular weight excluding hydrogens is 320 g/mol. The van der Waals surface area contributed by atoms with Gasteiger partial charge in [0.2, 0.25) is 0 Å². The quantitative estimate of drug-likeness (QED) is 0.608. The van der Waals surface area contributed by atoms with Crippen molar-refractivity contribution < 1.29 is 4.79 Å². The van der Waals surface area contributed by atoms with E-state index in [1.807, 2.05) is 55.5 Å². The molecule has 0 aromatic heterocycles. The Hall–Kier alpha value is -2.78. The first-order valence-electron chi connectivity index (χ1n) is 7.62. The molecule has 2 amide bonds. The molecule has 3 aromatic rings. The van der Waals surface area contributed by atoms with Gasteiger partial charge in [0, 0.05) is 16.4 Å². The number of hydrogen-bond acceptors (Lipinski definition) is 1. The first kappa shape index (κ1) is 16.1. The summed E-state index contributed by atoms with van der Waals surface area (Å²) in [6.45, 7) is 1.87. The molecule has 120 valence electrons. The lowest BCUT2D eigenvalue weighted by molar-refractivity contribution is 0.262. The number of halogens is 1. The first-order chi connectivity index (χ1) is 11.6. The number of carbonyl (C=O) groups excluding carboxylic acids is 1. The molecule has 0 fully saturated rings. The summed E-state index contributed by atoms with van der Waals surface area (Å²) >= 11 is 6.06. The second-order valence-electron chi connectivity index (χ2n) is 5.43. The van der Waals surface area contributed by atoms with Gasteiger partial charge in [0.25, 0.3) is 0 Å². The van der Waals surface area contributed by atoms with Crippen LogP contribution in [0.25, 0.3) is 11.1 Å². The summed E-state index contributed by atoms with van der Waals surface area (Å²) in [4.78, 5) is 12.1. The van der Waals surface area contributed by atoms with Crippen LogP contribution in [0.2, 0.25) is 5.02 Å². The van der Waals surface area contributed by atoms with E-state index in [1.54, 1.807) is 12.1 Å². The average Bonchev–Trinajstić information content (AvgIpc) is 2.60. The van der Waals surface area contributed by atoms with Crippen LogP contribution in [0.1, 0.15) is 5.56 Å². The standard InChI is InChI=1S/C20H17ClN2O/c1-14-18(21)8-5-9-19(14)23-20(24)22-17-12-10-16(11-13-17)15-6-3-2-4-7-15/h2-13H,1H3,(H2,22,23,24). The number of carbonyl (C=O) groups is 1. The van der Waals surface area contributed by atoms with Crippen LogP contribution >= 0.6 is 11.6 Å². The summed E-state index contributed by atoms with van der Waals surface area (Å²) in [6, 6.07) is 22.9. The molecule has 0 aliphatic rings. The van der Waals surface area contributed by atoms with Gasteiger partial charge in [-0.3, -0.25) is 0 Å². The Labute approximate surface area is 146 Å². The summed E-state index contributed by atoms with van der Waals surface area (Å²) in [5.41, 5.74) is 4.51. The Morgan fingerprint density at radius 2 is 1.46 bits per heavy atom. The minimum atomic E-state index is -0.298. The molecular formula is C20H17ClN2O. The van der Waals surface area contributed by atoms with Crippen LogP contribution in [0.15, 0.2) is 72.8 Å². The van der Waals surface area contributed by atoms with Gasteiger partial charge in [-0.25, -0.2) is 4.79 Å². The number of urea groups is 1. The van der Waals surface area contributed by atoms with Gasteiger partial charge in [0.15, 0.2) is 0 Å². The topological polar surface area (TPSA) is 41.1 Å². The highest BCUT2D eigenvalue weighted by Crippen LogP contribution is 2.24. The Morgan fingerprint density at radius 1 is 0.792 bits per heavy atom. The number of anilines is 2. The fourth-order valence-corrected chi connectivity index (χ4v) is 2.58. The van der Waals surface area contributed by atoms with Gasteiger partial charge >= 0.3 is 6.03 Å². The molecule has 0 radical (unpaired) electrons. The highest BCUT2D eigenvalue weighted by atomic mass is 35.5. The molecule has 24 heavy (non-hydrogen) atoms. The smallest absolute Gasteiger partial charge is 0.308 e. The highest BCUT2D eigenvalue weighted by Gasteiger charge is 2.07. The van der Waals surface area contributed by atoms with Crippen molar-refractivity contribution in [2.24, 2.45) is 0 Å². The molecule has 3 aromatic carbocycles. The zero-order chi connectivity index (χ0) is 16.9. The van der Waals surface area contributed by atoms with Gasteiger partial charge in [0.05, 0.1) is 0 Å². The van der Waals surface area contributed by atoms with Gasteiger partial charge < -0.3 is 10.6 Å². The molecule has 0 heterocycles. The molecule has 0 aliphatic heterocycles. The van der Waals surface area contributed by atoms with Crippen molar-refractivity contribution in [2.45, 2.75) is 6.92 Å². The summed E-state index contributed by atoms with van der Waals surface area (Å²) < 4.78 is 0. The molecule has 3 rings (SSSR count). The lowest BCUT2D eigenvalue weighted by Gasteiger charge is -2.11. The first-order valence-corrected chi connectivity index (χ1v) is 8.00. The maximum Gasteiger partial charge on any atom is 0.323 e. The molecule has 4 heteroatoms. The number of rotatable bonds is 3. The number of benzene rings is 3. The van der Waals surface area contributed by atoms with Crippen molar-refractivity contribution in [1.82, 2.24) is 0 Å². The van der Waals surface area contributed by atoms with Crippen molar-refractivity contribution in [3.05, 3.63) is 83.4 Å². The Morgan fingerprint density at radius 3 is 2.17 bits per heavy atom. The summed E-state index contributed by atoms with van der Waals surface area (Å²) in [5, 5.41) is 6.26. The second-order valence-corrected chi connectivity index (χ2v) is 5.84. The Bertz CT molecular complexity index is 845. The molecule has 0 atom stereocenters. The van der Waals surface area contributed by atoms with E-state index in [9.17, 15) is 4.79 Å². The minimum Gasteiger partial charge on any atom is -0.308 e. The lowest BCUT2D eigenvalue weighted by Crippen LogP contribution is -2.19. The fraction of sp³-hybridized carbons (Fsp3) is 0.0500. The van der Waals surface area contributed by atoms with E-state index in [4.69, 9.17) is 11.6 Å². The van der Waals surface area contributed by atoms with E-state index in [2.05, 4.69) is 22.8 Å². The Kier molecular flexibility index (Phi) is 4.82. The van der Waals surface area contributed by atoms with E-state index >= 15 is 0 Å². The molecule has 0 spiro atoms. The van der Waals surface area contributed by atoms with Crippen LogP contribution in [0.4, 0.5) is 16.2 Å². The van der Waals surface area contributed by atoms with Crippen molar-refractivity contribution >= 4 is 29.0 Å². The third kappa shape index (κ3) is 3.76. The largest absolute Gasteiger partial charge is 0.323 e. The van der Waals surface area contributed by atoms with Gasteiger partial charge in [-0.2, -0.15) is 0 Å². The average molecular weight is 337 g/mol.